The van der Waals surface area contributed by atoms with Gasteiger partial charge in [-0.15, -0.1) is 0 Å². The van der Waals surface area contributed by atoms with Crippen molar-refractivity contribution in [3.05, 3.63) is 78.5 Å². The molecule has 0 bridgehead atoms. The molecule has 4 rings (SSSR count). The topological polar surface area (TPSA) is 59.6 Å². The first-order valence-corrected chi connectivity index (χ1v) is 8.19. The van der Waals surface area contributed by atoms with E-state index < -0.39 is 0 Å². The largest absolute Gasteiger partial charge is 0.497 e. The third-order valence-corrected chi connectivity index (χ3v) is 4.28. The van der Waals surface area contributed by atoms with Crippen LogP contribution in [0.3, 0.4) is 0 Å². The van der Waals surface area contributed by atoms with Crippen LogP contribution in [0, 0.1) is 0 Å². The fourth-order valence-electron chi connectivity index (χ4n) is 2.98. The van der Waals surface area contributed by atoms with Gasteiger partial charge >= 0.3 is 0 Å². The molecule has 0 aliphatic heterocycles. The van der Waals surface area contributed by atoms with Crippen LogP contribution in [0.15, 0.2) is 78.1 Å². The smallest absolute Gasteiger partial charge is 0.119 e. The number of ether oxygens (including phenoxy) is 1. The molecule has 0 aliphatic rings. The molecule has 3 aromatic carbocycles. The van der Waals surface area contributed by atoms with Gasteiger partial charge in [0, 0.05) is 17.3 Å². The van der Waals surface area contributed by atoms with Crippen LogP contribution >= 0.6 is 0 Å². The fourth-order valence-corrected chi connectivity index (χ4v) is 2.98. The predicted octanol–water partition coefficient (Wildman–Crippen LogP) is 4.51. The number of hydrogen-bond acceptors (Lipinski definition) is 4. The summed E-state index contributed by atoms with van der Waals surface area (Å²) in [6.45, 7) is 0. The molecule has 0 aliphatic carbocycles. The molecule has 128 valence electrons. The molecule has 0 saturated heterocycles. The van der Waals surface area contributed by atoms with Gasteiger partial charge in [-0.2, -0.15) is 5.10 Å². The minimum Gasteiger partial charge on any atom is -0.497 e. The Morgan fingerprint density at radius 3 is 2.54 bits per heavy atom. The molecule has 0 saturated carbocycles. The molecule has 5 heteroatoms. The molecule has 4 aromatic rings. The summed E-state index contributed by atoms with van der Waals surface area (Å²) in [6, 6.07) is 21.9. The maximum absolute atomic E-state index is 9.02. The highest BCUT2D eigenvalue weighted by Gasteiger charge is 2.12. The van der Waals surface area contributed by atoms with Crippen LogP contribution < -0.4 is 4.74 Å². The van der Waals surface area contributed by atoms with E-state index in [0.29, 0.717) is 0 Å². The zero-order valence-electron chi connectivity index (χ0n) is 14.2. The van der Waals surface area contributed by atoms with Crippen molar-refractivity contribution in [1.29, 1.82) is 0 Å². The summed E-state index contributed by atoms with van der Waals surface area (Å²) in [5.74, 6) is 0.826. The summed E-state index contributed by atoms with van der Waals surface area (Å²) in [6.07, 6.45) is 3.25. The number of oxime groups is 1. The van der Waals surface area contributed by atoms with Crippen molar-refractivity contribution in [2.45, 2.75) is 0 Å². The van der Waals surface area contributed by atoms with Gasteiger partial charge in [0.05, 0.1) is 19.0 Å². The number of aromatic nitrogens is 2. The fraction of sp³-hybridized carbons (Fsp3) is 0.0476. The zero-order valence-corrected chi connectivity index (χ0v) is 14.2. The molecule has 0 radical (unpaired) electrons. The van der Waals surface area contributed by atoms with Crippen LogP contribution in [0.4, 0.5) is 0 Å². The second-order valence-electron chi connectivity index (χ2n) is 5.89. The molecule has 1 heterocycles. The quantitative estimate of drug-likeness (QED) is 0.337. The van der Waals surface area contributed by atoms with Crippen LogP contribution in [0.25, 0.3) is 27.7 Å². The second-order valence-corrected chi connectivity index (χ2v) is 5.89. The Kier molecular flexibility index (Phi) is 4.11. The van der Waals surface area contributed by atoms with Gasteiger partial charge in [-0.05, 0) is 41.1 Å². The minimum absolute atomic E-state index is 0.740. The molecule has 5 nitrogen and oxygen atoms in total. The molecular weight excluding hydrogens is 326 g/mol. The lowest BCUT2D eigenvalue weighted by atomic mass is 10.0. The first-order chi connectivity index (χ1) is 12.8. The summed E-state index contributed by atoms with van der Waals surface area (Å²) in [7, 11) is 1.66. The Bertz CT molecular complexity index is 1090. The standard InChI is InChI=1S/C21H17N3O2/c1-26-20-10-9-15-11-17(8-7-16(15)12-20)21-18(13-22-25)14-24(23-21)19-5-3-2-4-6-19/h2-14,25H,1H3/b22-13+. The number of rotatable bonds is 4. The number of methoxy groups -OCH3 is 1. The van der Waals surface area contributed by atoms with Gasteiger partial charge in [-0.3, -0.25) is 0 Å². The van der Waals surface area contributed by atoms with E-state index in [-0.39, 0.29) is 0 Å². The van der Waals surface area contributed by atoms with Crippen LogP contribution in [0.2, 0.25) is 0 Å². The summed E-state index contributed by atoms with van der Waals surface area (Å²) in [5.41, 5.74) is 3.39. The van der Waals surface area contributed by atoms with E-state index in [2.05, 4.69) is 11.2 Å². The van der Waals surface area contributed by atoms with Crippen molar-refractivity contribution >= 4 is 17.0 Å². The Morgan fingerprint density at radius 1 is 1.00 bits per heavy atom. The molecule has 0 unspecified atom stereocenters. The van der Waals surface area contributed by atoms with Gasteiger partial charge < -0.3 is 9.94 Å². The second kappa shape index (κ2) is 6.72. The Hall–Kier alpha value is -3.60. The summed E-state index contributed by atoms with van der Waals surface area (Å²) in [5, 5.41) is 19.1. The number of benzene rings is 3. The van der Waals surface area contributed by atoms with Crippen molar-refractivity contribution in [2.24, 2.45) is 5.16 Å². The molecule has 0 fully saturated rings. The molecular formula is C21H17N3O2. The Labute approximate surface area is 150 Å². The average molecular weight is 343 g/mol. The number of nitrogens with zero attached hydrogens (tertiary/aromatic N) is 3. The van der Waals surface area contributed by atoms with Gasteiger partial charge in [0.1, 0.15) is 11.4 Å². The number of para-hydroxylation sites is 1. The molecule has 1 N–H and O–H groups in total. The lowest BCUT2D eigenvalue weighted by Crippen LogP contribution is -1.94. The van der Waals surface area contributed by atoms with Crippen LogP contribution in [0.5, 0.6) is 5.75 Å². The van der Waals surface area contributed by atoms with E-state index >= 15 is 0 Å². The third-order valence-electron chi connectivity index (χ3n) is 4.28. The van der Waals surface area contributed by atoms with E-state index in [9.17, 15) is 0 Å². The van der Waals surface area contributed by atoms with Crippen molar-refractivity contribution in [1.82, 2.24) is 9.78 Å². The first kappa shape index (κ1) is 15.9. The monoisotopic (exact) mass is 343 g/mol. The van der Waals surface area contributed by atoms with Crippen molar-refractivity contribution in [3.8, 4) is 22.7 Å². The SMILES string of the molecule is COc1ccc2cc(-c3nn(-c4ccccc4)cc3/C=N/O)ccc2c1. The van der Waals surface area contributed by atoms with E-state index in [1.165, 1.54) is 6.21 Å². The Morgan fingerprint density at radius 2 is 1.77 bits per heavy atom. The van der Waals surface area contributed by atoms with Crippen molar-refractivity contribution in [3.63, 3.8) is 0 Å². The zero-order chi connectivity index (χ0) is 17.9. The maximum Gasteiger partial charge on any atom is 0.119 e. The highest BCUT2D eigenvalue weighted by atomic mass is 16.5. The molecule has 0 spiro atoms. The van der Waals surface area contributed by atoms with Crippen LogP contribution in [-0.2, 0) is 0 Å². The van der Waals surface area contributed by atoms with Crippen LogP contribution in [-0.4, -0.2) is 28.3 Å². The third kappa shape index (κ3) is 2.91. The van der Waals surface area contributed by atoms with Crippen LogP contribution in [0.1, 0.15) is 5.56 Å². The molecule has 0 amide bonds. The lowest BCUT2D eigenvalue weighted by Gasteiger charge is -2.05. The average Bonchev–Trinajstić information content (AvgIpc) is 3.12. The van der Waals surface area contributed by atoms with Gasteiger partial charge in [-0.25, -0.2) is 4.68 Å². The van der Waals surface area contributed by atoms with E-state index in [1.807, 2.05) is 66.9 Å². The predicted molar refractivity (Wildman–Crippen MR) is 102 cm³/mol. The van der Waals surface area contributed by atoms with E-state index in [0.717, 1.165) is 39.0 Å². The Balaban J connectivity index is 1.83. The van der Waals surface area contributed by atoms with E-state index in [4.69, 9.17) is 15.0 Å². The van der Waals surface area contributed by atoms with Gasteiger partial charge in [-0.1, -0.05) is 41.6 Å². The van der Waals surface area contributed by atoms with Gasteiger partial charge in [0.25, 0.3) is 0 Å². The number of fused-ring (bicyclic) bond motifs is 1. The van der Waals surface area contributed by atoms with Gasteiger partial charge in [0.15, 0.2) is 0 Å². The number of hydrogen-bond donors (Lipinski definition) is 1. The summed E-state index contributed by atoms with van der Waals surface area (Å²) in [4.78, 5) is 0. The summed E-state index contributed by atoms with van der Waals surface area (Å²) >= 11 is 0. The lowest BCUT2D eigenvalue weighted by molar-refractivity contribution is 0.322. The molecule has 0 atom stereocenters. The first-order valence-electron chi connectivity index (χ1n) is 8.19. The molecule has 1 aromatic heterocycles. The highest BCUT2D eigenvalue weighted by Crippen LogP contribution is 2.28. The van der Waals surface area contributed by atoms with E-state index in [1.54, 1.807) is 11.8 Å². The maximum atomic E-state index is 9.02. The normalized spacial score (nSPS) is 11.3. The van der Waals surface area contributed by atoms with Crippen molar-refractivity contribution in [2.75, 3.05) is 7.11 Å². The highest BCUT2D eigenvalue weighted by molar-refractivity contribution is 5.93. The minimum atomic E-state index is 0.740. The van der Waals surface area contributed by atoms with Gasteiger partial charge in [0.2, 0.25) is 0 Å². The molecule has 26 heavy (non-hydrogen) atoms. The summed E-state index contributed by atoms with van der Waals surface area (Å²) < 4.78 is 7.06. The van der Waals surface area contributed by atoms with Crippen molar-refractivity contribution < 1.29 is 9.94 Å².